The molecule has 1 aliphatic rings. The van der Waals surface area contributed by atoms with Crippen molar-refractivity contribution in [1.29, 1.82) is 0 Å². The van der Waals surface area contributed by atoms with Gasteiger partial charge in [-0.15, -0.1) is 0 Å². The number of hydrogen-bond acceptors (Lipinski definition) is 2. The fourth-order valence-electron chi connectivity index (χ4n) is 3.26. The number of nitrogens with one attached hydrogen (secondary N) is 1. The van der Waals surface area contributed by atoms with Crippen LogP contribution < -0.4 is 5.32 Å². The molecular formula is C20H22ClFN2O. The Balaban J connectivity index is 1.43. The number of anilines is 1. The molecule has 3 nitrogen and oxygen atoms in total. The molecule has 132 valence electrons. The van der Waals surface area contributed by atoms with E-state index in [4.69, 9.17) is 11.6 Å². The molecule has 25 heavy (non-hydrogen) atoms. The average molecular weight is 361 g/mol. The number of carbonyl (C=O) groups is 1. The van der Waals surface area contributed by atoms with Gasteiger partial charge in [-0.1, -0.05) is 35.9 Å². The van der Waals surface area contributed by atoms with Gasteiger partial charge in [0.25, 0.3) is 0 Å². The minimum Gasteiger partial charge on any atom is -0.324 e. The molecule has 0 spiro atoms. The summed E-state index contributed by atoms with van der Waals surface area (Å²) < 4.78 is 13.0. The van der Waals surface area contributed by atoms with Crippen LogP contribution in [0.5, 0.6) is 0 Å². The molecule has 0 saturated carbocycles. The molecule has 0 bridgehead atoms. The minimum absolute atomic E-state index is 0.0370. The Bertz CT molecular complexity index is 712. The third-order valence-corrected chi connectivity index (χ3v) is 4.99. The lowest BCUT2D eigenvalue weighted by Gasteiger charge is -2.31. The Labute approximate surface area is 152 Å². The van der Waals surface area contributed by atoms with E-state index in [1.54, 1.807) is 12.1 Å². The number of nitrogens with zero attached hydrogens (tertiary/aromatic N) is 1. The Hall–Kier alpha value is -1.91. The van der Waals surface area contributed by atoms with Gasteiger partial charge < -0.3 is 5.32 Å². The zero-order valence-corrected chi connectivity index (χ0v) is 14.8. The highest BCUT2D eigenvalue weighted by molar-refractivity contribution is 6.33. The van der Waals surface area contributed by atoms with Crippen molar-refractivity contribution < 1.29 is 9.18 Å². The first-order valence-electron chi connectivity index (χ1n) is 8.61. The molecule has 5 heteroatoms. The first-order valence-corrected chi connectivity index (χ1v) is 8.99. The Morgan fingerprint density at radius 1 is 1.12 bits per heavy atom. The summed E-state index contributed by atoms with van der Waals surface area (Å²) in [6.07, 6.45) is 3.08. The number of amides is 1. The van der Waals surface area contributed by atoms with E-state index in [-0.39, 0.29) is 11.7 Å². The Morgan fingerprint density at radius 2 is 1.80 bits per heavy atom. The van der Waals surface area contributed by atoms with E-state index in [0.717, 1.165) is 32.4 Å². The molecule has 3 rings (SSSR count). The standard InChI is InChI=1S/C20H22ClFN2O/c21-18-3-1-2-4-19(18)23-20(25)14-24-11-9-16(10-12-24)13-15-5-7-17(22)8-6-15/h1-8,16H,9-14H2,(H,23,25). The van der Waals surface area contributed by atoms with Crippen LogP contribution in [0.2, 0.25) is 5.02 Å². The summed E-state index contributed by atoms with van der Waals surface area (Å²) in [5, 5.41) is 3.42. The second kappa shape index (κ2) is 8.45. The van der Waals surface area contributed by atoms with Crippen LogP contribution in [0.4, 0.5) is 10.1 Å². The molecule has 2 aromatic rings. The second-order valence-electron chi connectivity index (χ2n) is 6.58. The number of piperidine rings is 1. The van der Waals surface area contributed by atoms with Crippen LogP contribution in [0.15, 0.2) is 48.5 Å². The van der Waals surface area contributed by atoms with Crippen molar-refractivity contribution in [2.24, 2.45) is 5.92 Å². The first-order chi connectivity index (χ1) is 12.1. The predicted octanol–water partition coefficient (Wildman–Crippen LogP) is 4.37. The predicted molar refractivity (Wildman–Crippen MR) is 99.3 cm³/mol. The number of hydrogen-bond donors (Lipinski definition) is 1. The number of para-hydroxylation sites is 1. The summed E-state index contributed by atoms with van der Waals surface area (Å²) in [6.45, 7) is 2.19. The fourth-order valence-corrected chi connectivity index (χ4v) is 3.44. The monoisotopic (exact) mass is 360 g/mol. The maximum absolute atomic E-state index is 13.0. The quantitative estimate of drug-likeness (QED) is 0.858. The summed E-state index contributed by atoms with van der Waals surface area (Å²) in [4.78, 5) is 14.4. The maximum Gasteiger partial charge on any atom is 0.238 e. The summed E-state index contributed by atoms with van der Waals surface area (Å²) in [6, 6.07) is 14.0. The van der Waals surface area contributed by atoms with E-state index in [2.05, 4.69) is 10.2 Å². The SMILES string of the molecule is O=C(CN1CCC(Cc2ccc(F)cc2)CC1)Nc1ccccc1Cl. The molecule has 0 aromatic heterocycles. The number of benzene rings is 2. The van der Waals surface area contributed by atoms with Gasteiger partial charge in [-0.05, 0) is 68.1 Å². The topological polar surface area (TPSA) is 32.3 Å². The summed E-state index contributed by atoms with van der Waals surface area (Å²) in [5.41, 5.74) is 1.83. The molecule has 2 aromatic carbocycles. The smallest absolute Gasteiger partial charge is 0.238 e. The molecule has 0 atom stereocenters. The normalized spacial score (nSPS) is 15.9. The van der Waals surface area contributed by atoms with E-state index in [9.17, 15) is 9.18 Å². The molecule has 1 aliphatic heterocycles. The third-order valence-electron chi connectivity index (χ3n) is 4.66. The van der Waals surface area contributed by atoms with E-state index in [1.807, 2.05) is 24.3 Å². The van der Waals surface area contributed by atoms with Gasteiger partial charge in [-0.25, -0.2) is 4.39 Å². The number of halogens is 2. The average Bonchev–Trinajstić information content (AvgIpc) is 2.61. The van der Waals surface area contributed by atoms with E-state index in [1.165, 1.54) is 17.7 Å². The third kappa shape index (κ3) is 5.28. The van der Waals surface area contributed by atoms with Gasteiger partial charge in [0.05, 0.1) is 17.3 Å². The van der Waals surface area contributed by atoms with Crippen molar-refractivity contribution in [3.63, 3.8) is 0 Å². The molecule has 1 amide bonds. The van der Waals surface area contributed by atoms with Gasteiger partial charge in [0, 0.05) is 0 Å². The molecule has 1 saturated heterocycles. The van der Waals surface area contributed by atoms with Crippen molar-refractivity contribution in [3.8, 4) is 0 Å². The first kappa shape index (κ1) is 17.9. The molecular weight excluding hydrogens is 339 g/mol. The zero-order valence-electron chi connectivity index (χ0n) is 14.1. The van der Waals surface area contributed by atoms with Crippen molar-refractivity contribution in [2.45, 2.75) is 19.3 Å². The lowest BCUT2D eigenvalue weighted by atomic mass is 9.90. The van der Waals surface area contributed by atoms with E-state index in [0.29, 0.717) is 23.2 Å². The van der Waals surface area contributed by atoms with Crippen molar-refractivity contribution >= 4 is 23.2 Å². The molecule has 0 unspecified atom stereocenters. The largest absolute Gasteiger partial charge is 0.324 e. The highest BCUT2D eigenvalue weighted by Crippen LogP contribution is 2.23. The van der Waals surface area contributed by atoms with Crippen LogP contribution in [-0.4, -0.2) is 30.4 Å². The molecule has 1 fully saturated rings. The van der Waals surface area contributed by atoms with Crippen molar-refractivity contribution in [2.75, 3.05) is 25.0 Å². The van der Waals surface area contributed by atoms with Crippen LogP contribution >= 0.6 is 11.6 Å². The van der Waals surface area contributed by atoms with Crippen LogP contribution in [0.25, 0.3) is 0 Å². The maximum atomic E-state index is 13.0. The summed E-state index contributed by atoms with van der Waals surface area (Å²) >= 11 is 6.07. The summed E-state index contributed by atoms with van der Waals surface area (Å²) in [5.74, 6) is 0.363. The van der Waals surface area contributed by atoms with Crippen LogP contribution in [-0.2, 0) is 11.2 Å². The van der Waals surface area contributed by atoms with Crippen LogP contribution in [0, 0.1) is 11.7 Å². The van der Waals surface area contributed by atoms with Crippen LogP contribution in [0.1, 0.15) is 18.4 Å². The highest BCUT2D eigenvalue weighted by Gasteiger charge is 2.21. The van der Waals surface area contributed by atoms with Gasteiger partial charge >= 0.3 is 0 Å². The minimum atomic E-state index is -0.192. The molecule has 0 aliphatic carbocycles. The second-order valence-corrected chi connectivity index (χ2v) is 6.99. The fraction of sp³-hybridized carbons (Fsp3) is 0.350. The number of carbonyl (C=O) groups excluding carboxylic acids is 1. The lowest BCUT2D eigenvalue weighted by Crippen LogP contribution is -2.39. The Kier molecular flexibility index (Phi) is 6.05. The van der Waals surface area contributed by atoms with Gasteiger partial charge in [0.1, 0.15) is 5.82 Å². The summed E-state index contributed by atoms with van der Waals surface area (Å²) in [7, 11) is 0. The van der Waals surface area contributed by atoms with Gasteiger partial charge in [-0.2, -0.15) is 0 Å². The Morgan fingerprint density at radius 3 is 2.48 bits per heavy atom. The van der Waals surface area contributed by atoms with Gasteiger partial charge in [0.2, 0.25) is 5.91 Å². The van der Waals surface area contributed by atoms with Gasteiger partial charge in [-0.3, -0.25) is 9.69 Å². The van der Waals surface area contributed by atoms with Crippen molar-refractivity contribution in [3.05, 3.63) is 64.9 Å². The highest BCUT2D eigenvalue weighted by atomic mass is 35.5. The van der Waals surface area contributed by atoms with E-state index < -0.39 is 0 Å². The van der Waals surface area contributed by atoms with Gasteiger partial charge in [0.15, 0.2) is 0 Å². The number of rotatable bonds is 5. The molecule has 1 N–H and O–H groups in total. The van der Waals surface area contributed by atoms with E-state index >= 15 is 0 Å². The lowest BCUT2D eigenvalue weighted by molar-refractivity contribution is -0.117. The molecule has 1 heterocycles. The van der Waals surface area contributed by atoms with Crippen LogP contribution in [0.3, 0.4) is 0 Å². The molecule has 0 radical (unpaired) electrons. The van der Waals surface area contributed by atoms with Crippen molar-refractivity contribution in [1.82, 2.24) is 4.90 Å². The zero-order chi connectivity index (χ0) is 17.6. The number of likely N-dealkylation sites (tertiary alicyclic amines) is 1.